The minimum Gasteiger partial charge on any atom is -0.478 e. The summed E-state index contributed by atoms with van der Waals surface area (Å²) in [6, 6.07) is 5.13. The van der Waals surface area contributed by atoms with E-state index in [-0.39, 0.29) is 17.5 Å². The van der Waals surface area contributed by atoms with Gasteiger partial charge in [-0.1, -0.05) is 6.08 Å². The Morgan fingerprint density at radius 1 is 1.35 bits per heavy atom. The van der Waals surface area contributed by atoms with Crippen molar-refractivity contribution in [3.05, 3.63) is 41.7 Å². The molecule has 2 N–H and O–H groups in total. The molecule has 0 saturated heterocycles. The molecule has 1 aromatic carbocycles. The molecule has 1 aliphatic heterocycles. The van der Waals surface area contributed by atoms with Gasteiger partial charge >= 0.3 is 5.97 Å². The number of nitrogens with one attached hydrogen (secondary N) is 1. The Morgan fingerprint density at radius 2 is 2.13 bits per heavy atom. The fourth-order valence-electron chi connectivity index (χ4n) is 2.58. The standard InChI is InChI=1S/C17H20N4O2/c1-10(2)21(3)16-15(12-6-7-18-9-12)19-13-5-4-11(17(22)23)8-14(13)20-16/h4-8,10,12,18H,9H2,1-3H3,(H,22,23). The lowest BCUT2D eigenvalue weighted by atomic mass is 10.1. The summed E-state index contributed by atoms with van der Waals surface area (Å²) in [6.07, 6.45) is 4.02. The number of carboxylic acids is 1. The molecule has 2 heterocycles. The first-order valence-electron chi connectivity index (χ1n) is 7.65. The molecule has 120 valence electrons. The van der Waals surface area contributed by atoms with Crippen LogP contribution in [0.4, 0.5) is 5.82 Å². The van der Waals surface area contributed by atoms with Crippen molar-refractivity contribution >= 4 is 22.8 Å². The maximum absolute atomic E-state index is 11.2. The van der Waals surface area contributed by atoms with Crippen LogP contribution in [0.5, 0.6) is 0 Å². The molecule has 1 atom stereocenters. The third kappa shape index (κ3) is 2.84. The van der Waals surface area contributed by atoms with Crippen LogP contribution in [-0.4, -0.2) is 40.7 Å². The fraction of sp³-hybridized carbons (Fsp3) is 0.353. The van der Waals surface area contributed by atoms with Gasteiger partial charge in [-0.05, 0) is 38.2 Å². The summed E-state index contributed by atoms with van der Waals surface area (Å²) < 4.78 is 0. The summed E-state index contributed by atoms with van der Waals surface area (Å²) in [5.41, 5.74) is 2.45. The molecule has 0 radical (unpaired) electrons. The number of fused-ring (bicyclic) bond motifs is 1. The SMILES string of the molecule is CC(C)N(C)c1nc2cc(C(=O)O)ccc2nc1C1C=CNC1. The number of aromatic carboxylic acids is 1. The minimum atomic E-state index is -0.959. The molecule has 0 bridgehead atoms. The molecule has 0 fully saturated rings. The molecule has 0 saturated carbocycles. The van der Waals surface area contributed by atoms with Gasteiger partial charge in [0.05, 0.1) is 22.3 Å². The van der Waals surface area contributed by atoms with Crippen LogP contribution < -0.4 is 10.2 Å². The van der Waals surface area contributed by atoms with Crippen LogP contribution in [0.3, 0.4) is 0 Å². The van der Waals surface area contributed by atoms with Gasteiger partial charge in [-0.3, -0.25) is 0 Å². The summed E-state index contributed by atoms with van der Waals surface area (Å²) in [7, 11) is 1.98. The quantitative estimate of drug-likeness (QED) is 0.902. The van der Waals surface area contributed by atoms with Gasteiger partial charge in [0.15, 0.2) is 5.82 Å². The van der Waals surface area contributed by atoms with Crippen LogP contribution in [0.15, 0.2) is 30.5 Å². The van der Waals surface area contributed by atoms with E-state index in [1.165, 1.54) is 0 Å². The van der Waals surface area contributed by atoms with Crippen molar-refractivity contribution in [2.24, 2.45) is 0 Å². The molecular weight excluding hydrogens is 292 g/mol. The number of benzene rings is 1. The molecule has 3 rings (SSSR count). The van der Waals surface area contributed by atoms with Crippen LogP contribution in [-0.2, 0) is 0 Å². The molecule has 1 aliphatic rings. The highest BCUT2D eigenvalue weighted by molar-refractivity contribution is 5.92. The predicted molar refractivity (Wildman–Crippen MR) is 89.9 cm³/mol. The van der Waals surface area contributed by atoms with E-state index in [1.54, 1.807) is 18.2 Å². The normalized spacial score (nSPS) is 16.8. The van der Waals surface area contributed by atoms with Crippen LogP contribution in [0, 0.1) is 0 Å². The summed E-state index contributed by atoms with van der Waals surface area (Å²) in [5.74, 6) is 0.00936. The Hall–Kier alpha value is -2.63. The highest BCUT2D eigenvalue weighted by Crippen LogP contribution is 2.29. The molecule has 6 heteroatoms. The molecule has 0 amide bonds. The van der Waals surface area contributed by atoms with E-state index in [4.69, 9.17) is 15.1 Å². The second-order valence-electron chi connectivity index (χ2n) is 6.02. The maximum Gasteiger partial charge on any atom is 0.335 e. The first-order chi connectivity index (χ1) is 11.0. The number of hydrogen-bond donors (Lipinski definition) is 2. The second-order valence-corrected chi connectivity index (χ2v) is 6.02. The van der Waals surface area contributed by atoms with Crippen molar-refractivity contribution in [3.8, 4) is 0 Å². The lowest BCUT2D eigenvalue weighted by Gasteiger charge is -2.26. The number of carbonyl (C=O) groups is 1. The monoisotopic (exact) mass is 312 g/mol. The number of hydrogen-bond acceptors (Lipinski definition) is 5. The lowest BCUT2D eigenvalue weighted by Crippen LogP contribution is -2.29. The Morgan fingerprint density at radius 3 is 2.74 bits per heavy atom. The van der Waals surface area contributed by atoms with Gasteiger partial charge in [0.2, 0.25) is 0 Å². The van der Waals surface area contributed by atoms with Crippen LogP contribution in [0.2, 0.25) is 0 Å². The molecule has 6 nitrogen and oxygen atoms in total. The van der Waals surface area contributed by atoms with E-state index in [1.807, 2.05) is 13.2 Å². The number of carboxylic acid groups (broad SMARTS) is 1. The first kappa shape index (κ1) is 15.3. The Balaban J connectivity index is 2.19. The van der Waals surface area contributed by atoms with Crippen molar-refractivity contribution in [3.63, 3.8) is 0 Å². The molecule has 1 aromatic heterocycles. The van der Waals surface area contributed by atoms with Gasteiger partial charge in [-0.2, -0.15) is 0 Å². The largest absolute Gasteiger partial charge is 0.478 e. The van der Waals surface area contributed by atoms with Crippen molar-refractivity contribution in [1.82, 2.24) is 15.3 Å². The fourth-order valence-corrected chi connectivity index (χ4v) is 2.58. The highest BCUT2D eigenvalue weighted by atomic mass is 16.4. The molecule has 0 spiro atoms. The van der Waals surface area contributed by atoms with Crippen LogP contribution in [0.1, 0.15) is 35.8 Å². The highest BCUT2D eigenvalue weighted by Gasteiger charge is 2.23. The van der Waals surface area contributed by atoms with Crippen molar-refractivity contribution in [1.29, 1.82) is 0 Å². The smallest absolute Gasteiger partial charge is 0.335 e. The van der Waals surface area contributed by atoms with Crippen molar-refractivity contribution in [2.45, 2.75) is 25.8 Å². The number of aromatic nitrogens is 2. The zero-order valence-electron chi connectivity index (χ0n) is 13.4. The maximum atomic E-state index is 11.2. The molecule has 23 heavy (non-hydrogen) atoms. The van der Waals surface area contributed by atoms with E-state index in [0.717, 1.165) is 18.1 Å². The third-order valence-electron chi connectivity index (χ3n) is 4.16. The van der Waals surface area contributed by atoms with Gasteiger partial charge in [-0.15, -0.1) is 0 Å². The van der Waals surface area contributed by atoms with Gasteiger partial charge in [0, 0.05) is 25.6 Å². The van der Waals surface area contributed by atoms with Crippen molar-refractivity contribution in [2.75, 3.05) is 18.5 Å². The van der Waals surface area contributed by atoms with E-state index in [9.17, 15) is 4.79 Å². The zero-order chi connectivity index (χ0) is 16.6. The second kappa shape index (κ2) is 5.87. The predicted octanol–water partition coefficient (Wildman–Crippen LogP) is 2.37. The number of rotatable bonds is 4. The number of nitrogens with zero attached hydrogens (tertiary/aromatic N) is 3. The first-order valence-corrected chi connectivity index (χ1v) is 7.65. The summed E-state index contributed by atoms with van der Waals surface area (Å²) in [5, 5.41) is 12.4. The molecular formula is C17H20N4O2. The van der Waals surface area contributed by atoms with Gasteiger partial charge in [0.1, 0.15) is 0 Å². The van der Waals surface area contributed by atoms with E-state index >= 15 is 0 Å². The molecule has 1 unspecified atom stereocenters. The summed E-state index contributed by atoms with van der Waals surface area (Å²) >= 11 is 0. The average Bonchev–Trinajstić information content (AvgIpc) is 3.06. The number of anilines is 1. The molecule has 2 aromatic rings. The lowest BCUT2D eigenvalue weighted by molar-refractivity contribution is 0.0697. The zero-order valence-corrected chi connectivity index (χ0v) is 13.4. The Labute approximate surface area is 134 Å². The summed E-state index contributed by atoms with van der Waals surface area (Å²) in [6.45, 7) is 4.98. The van der Waals surface area contributed by atoms with Crippen LogP contribution in [0.25, 0.3) is 11.0 Å². The summed E-state index contributed by atoms with van der Waals surface area (Å²) in [4.78, 5) is 22.7. The average molecular weight is 312 g/mol. The van der Waals surface area contributed by atoms with Gasteiger partial charge < -0.3 is 15.3 Å². The Kier molecular flexibility index (Phi) is 3.90. The van der Waals surface area contributed by atoms with Crippen molar-refractivity contribution < 1.29 is 9.90 Å². The van der Waals surface area contributed by atoms with E-state index in [0.29, 0.717) is 11.0 Å². The van der Waals surface area contributed by atoms with E-state index in [2.05, 4.69) is 30.1 Å². The minimum absolute atomic E-state index is 0.169. The van der Waals surface area contributed by atoms with Crippen LogP contribution >= 0.6 is 0 Å². The topological polar surface area (TPSA) is 78.4 Å². The molecule has 0 aliphatic carbocycles. The third-order valence-corrected chi connectivity index (χ3v) is 4.16. The van der Waals surface area contributed by atoms with Gasteiger partial charge in [-0.25, -0.2) is 14.8 Å². The van der Waals surface area contributed by atoms with Gasteiger partial charge in [0.25, 0.3) is 0 Å². The Bertz CT molecular complexity index is 786. The van der Waals surface area contributed by atoms with E-state index < -0.39 is 5.97 Å².